The van der Waals surface area contributed by atoms with E-state index in [0.29, 0.717) is 0 Å². The fraction of sp³-hybridized carbons (Fsp3) is 0.750. The lowest BCUT2D eigenvalue weighted by Crippen LogP contribution is -2.66. The second-order valence-corrected chi connectivity index (χ2v) is 6.54. The van der Waals surface area contributed by atoms with E-state index in [0.717, 1.165) is 29.6 Å². The molecule has 0 aliphatic heterocycles. The van der Waals surface area contributed by atoms with Gasteiger partial charge in [-0.1, -0.05) is 31.1 Å². The average Bonchev–Trinajstić information content (AvgIpc) is 3.01. The maximum Gasteiger partial charge on any atom is -0.00996 e. The third-order valence-electron chi connectivity index (χ3n) is 5.91. The topological polar surface area (TPSA) is 0 Å². The third-order valence-corrected chi connectivity index (χ3v) is 5.91. The number of allylic oxidation sites excluding steroid dienone is 3. The van der Waals surface area contributed by atoms with E-state index in [2.05, 4.69) is 20.4 Å². The van der Waals surface area contributed by atoms with Gasteiger partial charge in [-0.2, -0.15) is 0 Å². The van der Waals surface area contributed by atoms with E-state index < -0.39 is 0 Å². The zero-order chi connectivity index (χ0) is 11.3. The lowest BCUT2D eigenvalue weighted by Gasteiger charge is -2.73. The van der Waals surface area contributed by atoms with E-state index in [9.17, 15) is 0 Å². The Labute approximate surface area is 99.8 Å². The van der Waals surface area contributed by atoms with Crippen LogP contribution in [0, 0.1) is 23.2 Å². The van der Waals surface area contributed by atoms with Crippen molar-refractivity contribution in [2.24, 2.45) is 23.2 Å². The number of hydrogen-bond donors (Lipinski definition) is 0. The van der Waals surface area contributed by atoms with Crippen LogP contribution in [0.2, 0.25) is 0 Å². The van der Waals surface area contributed by atoms with E-state index in [1.54, 1.807) is 11.1 Å². The first kappa shape index (κ1) is 10.6. The summed E-state index contributed by atoms with van der Waals surface area (Å²) in [5.74, 6) is 3.23. The second kappa shape index (κ2) is 3.48. The molecule has 4 atom stereocenters. The summed E-state index contributed by atoms with van der Waals surface area (Å²) < 4.78 is 0. The van der Waals surface area contributed by atoms with Crippen LogP contribution >= 0.6 is 0 Å². The summed E-state index contributed by atoms with van der Waals surface area (Å²) in [5.41, 5.74) is 4.20. The smallest absolute Gasteiger partial charge is 0.00996 e. The Morgan fingerprint density at radius 1 is 1.44 bits per heavy atom. The molecule has 3 fully saturated rings. The van der Waals surface area contributed by atoms with Gasteiger partial charge < -0.3 is 0 Å². The second-order valence-electron chi connectivity index (χ2n) is 6.54. The maximum absolute atomic E-state index is 3.81. The highest BCUT2D eigenvalue weighted by Crippen LogP contribution is 2.73. The predicted molar refractivity (Wildman–Crippen MR) is 69.2 cm³/mol. The summed E-state index contributed by atoms with van der Waals surface area (Å²) in [6.45, 7) is 8.78. The average molecular weight is 216 g/mol. The van der Waals surface area contributed by atoms with Crippen LogP contribution in [0.3, 0.4) is 0 Å². The van der Waals surface area contributed by atoms with E-state index in [-0.39, 0.29) is 0 Å². The summed E-state index contributed by atoms with van der Waals surface area (Å²) in [4.78, 5) is 0. The van der Waals surface area contributed by atoms with Crippen molar-refractivity contribution in [1.29, 1.82) is 0 Å². The molecule has 0 spiro atoms. The molecule has 0 amide bonds. The highest BCUT2D eigenvalue weighted by molar-refractivity contribution is 5.36. The van der Waals surface area contributed by atoms with Gasteiger partial charge >= 0.3 is 0 Å². The van der Waals surface area contributed by atoms with Crippen molar-refractivity contribution < 1.29 is 0 Å². The SMILES string of the molecule is C=CCC1=C(CCCC2C3CC2(C)C3C)C1. The van der Waals surface area contributed by atoms with Crippen LogP contribution in [0.4, 0.5) is 0 Å². The minimum atomic E-state index is 0.756. The van der Waals surface area contributed by atoms with Crippen molar-refractivity contribution in [3.63, 3.8) is 0 Å². The van der Waals surface area contributed by atoms with E-state index in [4.69, 9.17) is 0 Å². The number of hydrogen-bond acceptors (Lipinski definition) is 0. The van der Waals surface area contributed by atoms with Gasteiger partial charge in [-0.15, -0.1) is 6.58 Å². The van der Waals surface area contributed by atoms with Gasteiger partial charge in [0, 0.05) is 0 Å². The molecule has 0 aromatic carbocycles. The minimum Gasteiger partial charge on any atom is -0.103 e. The van der Waals surface area contributed by atoms with Crippen molar-refractivity contribution in [2.75, 3.05) is 0 Å². The summed E-state index contributed by atoms with van der Waals surface area (Å²) in [6.07, 6.45) is 10.4. The Kier molecular flexibility index (Phi) is 2.31. The van der Waals surface area contributed by atoms with Crippen LogP contribution in [0.15, 0.2) is 23.8 Å². The van der Waals surface area contributed by atoms with Crippen molar-refractivity contribution in [3.05, 3.63) is 23.8 Å². The molecule has 2 bridgehead atoms. The summed E-state index contributed by atoms with van der Waals surface area (Å²) in [5, 5.41) is 0. The van der Waals surface area contributed by atoms with E-state index in [1.165, 1.54) is 32.1 Å². The first-order chi connectivity index (χ1) is 7.66. The first-order valence-electron chi connectivity index (χ1n) is 6.97. The fourth-order valence-corrected chi connectivity index (χ4v) is 4.34. The van der Waals surface area contributed by atoms with E-state index in [1.807, 2.05) is 6.08 Å². The van der Waals surface area contributed by atoms with Gasteiger partial charge in [0.15, 0.2) is 0 Å². The third kappa shape index (κ3) is 1.35. The Hall–Kier alpha value is -0.520. The van der Waals surface area contributed by atoms with Gasteiger partial charge in [0.25, 0.3) is 0 Å². The lowest BCUT2D eigenvalue weighted by molar-refractivity contribution is -0.243. The Morgan fingerprint density at radius 2 is 2.25 bits per heavy atom. The molecule has 4 aliphatic carbocycles. The molecule has 4 aliphatic rings. The zero-order valence-corrected chi connectivity index (χ0v) is 10.8. The molecule has 0 heteroatoms. The molecule has 88 valence electrons. The predicted octanol–water partition coefficient (Wildman–Crippen LogP) is 4.73. The monoisotopic (exact) mass is 216 g/mol. The van der Waals surface area contributed by atoms with Gasteiger partial charge in [0.1, 0.15) is 0 Å². The van der Waals surface area contributed by atoms with Gasteiger partial charge in [0.05, 0.1) is 0 Å². The highest BCUT2D eigenvalue weighted by Gasteiger charge is 2.66. The standard InChI is InChI=1S/C16H24/c1-4-6-12-9-13(12)7-5-8-15-14-10-16(15,3)11(14)2/h4,11,14-15H,1,5-10H2,2-3H3. The van der Waals surface area contributed by atoms with Gasteiger partial charge in [-0.05, 0) is 61.7 Å². The molecule has 16 heavy (non-hydrogen) atoms. The summed E-state index contributed by atoms with van der Waals surface area (Å²) in [7, 11) is 0. The molecule has 4 unspecified atom stereocenters. The van der Waals surface area contributed by atoms with Crippen molar-refractivity contribution in [3.8, 4) is 0 Å². The summed E-state index contributed by atoms with van der Waals surface area (Å²) >= 11 is 0. The van der Waals surface area contributed by atoms with Crippen molar-refractivity contribution in [1.82, 2.24) is 0 Å². The van der Waals surface area contributed by atoms with Crippen LogP contribution < -0.4 is 0 Å². The molecule has 0 aromatic rings. The minimum absolute atomic E-state index is 0.756. The van der Waals surface area contributed by atoms with Crippen LogP contribution in [0.25, 0.3) is 0 Å². The molecule has 0 aromatic heterocycles. The summed E-state index contributed by atoms with van der Waals surface area (Å²) in [6, 6.07) is 0. The fourth-order valence-electron chi connectivity index (χ4n) is 4.34. The Morgan fingerprint density at radius 3 is 2.81 bits per heavy atom. The Balaban J connectivity index is 1.39. The molecule has 0 N–H and O–H groups in total. The molecule has 0 heterocycles. The molecule has 0 saturated heterocycles. The first-order valence-corrected chi connectivity index (χ1v) is 6.97. The van der Waals surface area contributed by atoms with Gasteiger partial charge in [-0.25, -0.2) is 0 Å². The molecule has 0 radical (unpaired) electrons. The zero-order valence-electron chi connectivity index (χ0n) is 10.8. The van der Waals surface area contributed by atoms with Gasteiger partial charge in [-0.3, -0.25) is 0 Å². The quantitative estimate of drug-likeness (QED) is 0.563. The Bertz CT molecular complexity index is 349. The van der Waals surface area contributed by atoms with Crippen LogP contribution in [0.1, 0.15) is 52.4 Å². The molecule has 0 nitrogen and oxygen atoms in total. The van der Waals surface area contributed by atoms with Crippen LogP contribution in [-0.2, 0) is 0 Å². The van der Waals surface area contributed by atoms with Crippen molar-refractivity contribution >= 4 is 0 Å². The molecular weight excluding hydrogens is 192 g/mol. The van der Waals surface area contributed by atoms with Crippen LogP contribution in [0.5, 0.6) is 0 Å². The largest absolute Gasteiger partial charge is 0.103 e. The molecule has 4 rings (SSSR count). The molecule has 3 saturated carbocycles. The van der Waals surface area contributed by atoms with Crippen molar-refractivity contribution in [2.45, 2.75) is 52.4 Å². The van der Waals surface area contributed by atoms with Gasteiger partial charge in [0.2, 0.25) is 0 Å². The maximum atomic E-state index is 3.81. The normalized spacial score (nSPS) is 43.8. The molecular formula is C16H24. The van der Waals surface area contributed by atoms with Crippen LogP contribution in [-0.4, -0.2) is 0 Å². The van der Waals surface area contributed by atoms with E-state index >= 15 is 0 Å². The lowest BCUT2D eigenvalue weighted by atomic mass is 9.32. The number of rotatable bonds is 6. The highest BCUT2D eigenvalue weighted by atomic mass is 14.7.